The van der Waals surface area contributed by atoms with E-state index in [9.17, 15) is 14.4 Å². The summed E-state index contributed by atoms with van der Waals surface area (Å²) in [6, 6.07) is 0. The van der Waals surface area contributed by atoms with Crippen LogP contribution in [0.1, 0.15) is 19.8 Å². The summed E-state index contributed by atoms with van der Waals surface area (Å²) in [4.78, 5) is 27.8. The molecule has 0 spiro atoms. The molecule has 0 aromatic carbocycles. The van der Waals surface area contributed by atoms with Crippen molar-refractivity contribution >= 4 is 8.80 Å². The summed E-state index contributed by atoms with van der Waals surface area (Å²) in [6.07, 6.45) is 1.52. The van der Waals surface area contributed by atoms with E-state index >= 15 is 0 Å². The molecule has 0 aromatic rings. The van der Waals surface area contributed by atoms with E-state index in [1.165, 1.54) is 0 Å². The van der Waals surface area contributed by atoms with E-state index in [4.69, 9.17) is 9.47 Å². The van der Waals surface area contributed by atoms with Crippen molar-refractivity contribution < 1.29 is 23.9 Å². The quantitative estimate of drug-likeness (QED) is 0.545. The molecule has 3 atom stereocenters. The SMILES string of the molecule is CC(C1(C2CCO2)CCO1)[Si](O)(O)O. The number of ether oxygens (including phenoxy) is 2. The van der Waals surface area contributed by atoms with Crippen molar-refractivity contribution in [3.63, 3.8) is 0 Å². The van der Waals surface area contributed by atoms with Gasteiger partial charge >= 0.3 is 8.80 Å². The molecule has 0 saturated carbocycles. The second-order valence-electron chi connectivity index (χ2n) is 4.11. The summed E-state index contributed by atoms with van der Waals surface area (Å²) in [5.41, 5.74) is -1.28. The topological polar surface area (TPSA) is 79.2 Å². The molecule has 2 aliphatic rings. The Bertz CT molecular complexity index is 218. The fraction of sp³-hybridized carbons (Fsp3) is 1.00. The molecule has 0 aliphatic carbocycles. The van der Waals surface area contributed by atoms with Gasteiger partial charge in [-0.2, -0.15) is 0 Å². The minimum Gasteiger partial charge on any atom is -0.390 e. The zero-order chi connectivity index (χ0) is 10.4. The third kappa shape index (κ3) is 1.42. The first-order valence-corrected chi connectivity index (χ1v) is 6.81. The first-order chi connectivity index (χ1) is 6.47. The summed E-state index contributed by atoms with van der Waals surface area (Å²) in [6.45, 7) is 2.92. The van der Waals surface area contributed by atoms with E-state index in [2.05, 4.69) is 0 Å². The van der Waals surface area contributed by atoms with Crippen molar-refractivity contribution in [3.05, 3.63) is 0 Å². The molecule has 0 radical (unpaired) electrons. The summed E-state index contributed by atoms with van der Waals surface area (Å²) in [5.74, 6) is 0. The maximum absolute atomic E-state index is 9.27. The van der Waals surface area contributed by atoms with Crippen LogP contribution in [0.3, 0.4) is 0 Å². The van der Waals surface area contributed by atoms with Gasteiger partial charge < -0.3 is 23.9 Å². The molecule has 2 saturated heterocycles. The second kappa shape index (κ2) is 3.26. The Labute approximate surface area is 83.6 Å². The van der Waals surface area contributed by atoms with Crippen LogP contribution in [-0.2, 0) is 9.47 Å². The lowest BCUT2D eigenvalue weighted by molar-refractivity contribution is -0.258. The van der Waals surface area contributed by atoms with Crippen LogP contribution in [0.25, 0.3) is 0 Å². The smallest absolute Gasteiger partial charge is 0.390 e. The van der Waals surface area contributed by atoms with Crippen molar-refractivity contribution in [1.29, 1.82) is 0 Å². The highest BCUT2D eigenvalue weighted by Gasteiger charge is 2.60. The maximum atomic E-state index is 9.27. The Balaban J connectivity index is 2.11. The first-order valence-electron chi connectivity index (χ1n) is 4.89. The van der Waals surface area contributed by atoms with Crippen LogP contribution in [-0.4, -0.2) is 48.1 Å². The van der Waals surface area contributed by atoms with Gasteiger partial charge in [0.2, 0.25) is 0 Å². The molecule has 0 bridgehead atoms. The summed E-state index contributed by atoms with van der Waals surface area (Å²) >= 11 is 0. The van der Waals surface area contributed by atoms with E-state index in [1.54, 1.807) is 6.92 Å². The third-order valence-corrected chi connectivity index (χ3v) is 5.07. The van der Waals surface area contributed by atoms with Crippen molar-refractivity contribution in [1.82, 2.24) is 0 Å². The van der Waals surface area contributed by atoms with Gasteiger partial charge in [0.25, 0.3) is 0 Å². The van der Waals surface area contributed by atoms with Gasteiger partial charge in [0.05, 0.1) is 18.3 Å². The lowest BCUT2D eigenvalue weighted by atomic mass is 9.82. The van der Waals surface area contributed by atoms with Crippen LogP contribution in [0.4, 0.5) is 0 Å². The molecule has 0 amide bonds. The first kappa shape index (κ1) is 10.5. The van der Waals surface area contributed by atoms with Crippen LogP contribution in [0.5, 0.6) is 0 Å². The molecule has 2 rings (SSSR count). The van der Waals surface area contributed by atoms with Crippen LogP contribution < -0.4 is 0 Å². The third-order valence-electron chi connectivity index (χ3n) is 3.42. The Morgan fingerprint density at radius 2 is 1.93 bits per heavy atom. The molecular weight excluding hydrogens is 204 g/mol. The Kier molecular flexibility index (Phi) is 2.45. The molecule has 6 heteroatoms. The average molecular weight is 220 g/mol. The van der Waals surface area contributed by atoms with Gasteiger partial charge in [-0.3, -0.25) is 0 Å². The number of rotatable bonds is 3. The minimum atomic E-state index is -4.12. The van der Waals surface area contributed by atoms with Gasteiger partial charge in [-0.05, 0) is 6.42 Å². The molecule has 2 aliphatic heterocycles. The van der Waals surface area contributed by atoms with Crippen molar-refractivity contribution in [2.45, 2.75) is 37.0 Å². The zero-order valence-electron chi connectivity index (χ0n) is 8.14. The van der Waals surface area contributed by atoms with Crippen LogP contribution in [0, 0.1) is 0 Å². The Hall–Kier alpha value is 0.0169. The van der Waals surface area contributed by atoms with E-state index < -0.39 is 19.9 Å². The lowest BCUT2D eigenvalue weighted by Crippen LogP contribution is -2.65. The van der Waals surface area contributed by atoms with Gasteiger partial charge in [0, 0.05) is 13.0 Å². The number of hydrogen-bond acceptors (Lipinski definition) is 5. The maximum Gasteiger partial charge on any atom is 0.498 e. The largest absolute Gasteiger partial charge is 0.498 e. The van der Waals surface area contributed by atoms with Gasteiger partial charge in [-0.15, -0.1) is 0 Å². The fourth-order valence-electron chi connectivity index (χ4n) is 2.16. The van der Waals surface area contributed by atoms with Crippen molar-refractivity contribution in [2.24, 2.45) is 0 Å². The van der Waals surface area contributed by atoms with Gasteiger partial charge in [0.1, 0.15) is 5.60 Å². The molecule has 82 valence electrons. The minimum absolute atomic E-state index is 0.0791. The molecule has 3 N–H and O–H groups in total. The highest BCUT2D eigenvalue weighted by Crippen LogP contribution is 2.47. The zero-order valence-corrected chi connectivity index (χ0v) is 9.14. The molecular formula is C8H16O5Si. The lowest BCUT2D eigenvalue weighted by Gasteiger charge is -2.54. The van der Waals surface area contributed by atoms with Crippen LogP contribution in [0.2, 0.25) is 5.54 Å². The average Bonchev–Trinajstić information content (AvgIpc) is 1.89. The van der Waals surface area contributed by atoms with Crippen LogP contribution >= 0.6 is 0 Å². The van der Waals surface area contributed by atoms with E-state index in [0.29, 0.717) is 13.2 Å². The van der Waals surface area contributed by atoms with Gasteiger partial charge in [0.15, 0.2) is 0 Å². The Morgan fingerprint density at radius 1 is 1.36 bits per heavy atom. The predicted molar refractivity (Wildman–Crippen MR) is 49.5 cm³/mol. The highest BCUT2D eigenvalue weighted by atomic mass is 28.4. The predicted octanol–water partition coefficient (Wildman–Crippen LogP) is -0.760. The van der Waals surface area contributed by atoms with Crippen molar-refractivity contribution in [2.75, 3.05) is 13.2 Å². The molecule has 2 heterocycles. The van der Waals surface area contributed by atoms with Crippen molar-refractivity contribution in [3.8, 4) is 0 Å². The van der Waals surface area contributed by atoms with Gasteiger partial charge in [-0.25, -0.2) is 0 Å². The molecule has 5 nitrogen and oxygen atoms in total. The summed E-state index contributed by atoms with van der Waals surface area (Å²) < 4.78 is 10.8. The van der Waals surface area contributed by atoms with E-state index in [-0.39, 0.29) is 6.10 Å². The standard InChI is InChI=1S/C8H16O5Si/c1-6(14(9,10)11)8(3-5-13-8)7-2-4-12-7/h6-7,9-11H,2-5H2,1H3. The summed E-state index contributed by atoms with van der Waals surface area (Å²) in [5, 5.41) is 0. The monoisotopic (exact) mass is 220 g/mol. The van der Waals surface area contributed by atoms with E-state index in [1.807, 2.05) is 0 Å². The molecule has 0 aromatic heterocycles. The molecule has 14 heavy (non-hydrogen) atoms. The number of hydrogen-bond donors (Lipinski definition) is 3. The molecule has 2 fully saturated rings. The Morgan fingerprint density at radius 3 is 2.14 bits per heavy atom. The molecule has 3 unspecified atom stereocenters. The second-order valence-corrected chi connectivity index (χ2v) is 6.35. The van der Waals surface area contributed by atoms with Gasteiger partial charge in [-0.1, -0.05) is 6.92 Å². The normalized spacial score (nSPS) is 39.9. The van der Waals surface area contributed by atoms with Crippen LogP contribution in [0.15, 0.2) is 0 Å². The highest BCUT2D eigenvalue weighted by molar-refractivity contribution is 6.58. The summed E-state index contributed by atoms with van der Waals surface area (Å²) in [7, 11) is -4.12. The fourth-order valence-corrected chi connectivity index (χ4v) is 3.23. The van der Waals surface area contributed by atoms with E-state index in [0.717, 1.165) is 12.8 Å².